The van der Waals surface area contributed by atoms with Gasteiger partial charge >= 0.3 is 6.01 Å². The summed E-state index contributed by atoms with van der Waals surface area (Å²) in [4.78, 5) is 4.10. The summed E-state index contributed by atoms with van der Waals surface area (Å²) in [5.74, 6) is 1.22. The molecule has 1 aromatic heterocycles. The molecule has 0 atom stereocenters. The minimum absolute atomic E-state index is 0.0978. The number of alkyl halides is 1. The Bertz CT molecular complexity index is 1350. The van der Waals surface area contributed by atoms with Gasteiger partial charge < -0.3 is 13.9 Å². The lowest BCUT2D eigenvalue weighted by molar-refractivity contribution is 0.301. The Hall–Kier alpha value is -2.93. The fraction of sp³-hybridized carbons (Fsp3) is 0.360. The number of anilines is 1. The smallest absolute Gasteiger partial charge is 0.308 e. The van der Waals surface area contributed by atoms with Gasteiger partial charge in [0.05, 0.1) is 21.7 Å². The van der Waals surface area contributed by atoms with Gasteiger partial charge in [-0.1, -0.05) is 37.6 Å². The van der Waals surface area contributed by atoms with Crippen molar-refractivity contribution in [3.8, 4) is 17.6 Å². The molecule has 0 aliphatic rings. The molecular weight excluding hydrogens is 525 g/mol. The number of halogens is 2. The van der Waals surface area contributed by atoms with E-state index in [1.54, 1.807) is 26.0 Å². The van der Waals surface area contributed by atoms with E-state index in [1.165, 1.54) is 6.26 Å². The average Bonchev–Trinajstić information content (AvgIpc) is 3.28. The fourth-order valence-corrected chi connectivity index (χ4v) is 4.20. The van der Waals surface area contributed by atoms with Crippen LogP contribution in [0.2, 0.25) is 5.02 Å². The number of ether oxygens (including phenoxy) is 2. The van der Waals surface area contributed by atoms with Crippen molar-refractivity contribution in [2.45, 2.75) is 45.0 Å². The molecule has 36 heavy (non-hydrogen) atoms. The summed E-state index contributed by atoms with van der Waals surface area (Å²) in [5, 5.41) is 9.33. The maximum absolute atomic E-state index is 11.9. The summed E-state index contributed by atoms with van der Waals surface area (Å²) < 4.78 is 42.7. The second-order valence-electron chi connectivity index (χ2n) is 8.76. The molecule has 1 heterocycles. The summed E-state index contributed by atoms with van der Waals surface area (Å²) in [6, 6.07) is 13.1. The molecule has 0 aliphatic carbocycles. The van der Waals surface area contributed by atoms with Crippen LogP contribution in [-0.2, 0) is 22.0 Å². The Labute approximate surface area is 221 Å². The molecule has 1 N–H and O–H groups in total. The van der Waals surface area contributed by atoms with E-state index in [0.29, 0.717) is 27.8 Å². The van der Waals surface area contributed by atoms with Crippen LogP contribution in [0.3, 0.4) is 0 Å². The highest BCUT2D eigenvalue weighted by Gasteiger charge is 2.26. The van der Waals surface area contributed by atoms with Crippen molar-refractivity contribution in [3.05, 3.63) is 70.1 Å². The van der Waals surface area contributed by atoms with E-state index in [-0.39, 0.29) is 25.1 Å². The zero-order valence-electron chi connectivity index (χ0n) is 20.3. The lowest BCUT2D eigenvalue weighted by Gasteiger charge is -2.27. The Morgan fingerprint density at radius 2 is 1.86 bits per heavy atom. The van der Waals surface area contributed by atoms with Gasteiger partial charge in [0.1, 0.15) is 37.0 Å². The maximum atomic E-state index is 11.9. The summed E-state index contributed by atoms with van der Waals surface area (Å²) in [6.45, 7) is 7.53. The summed E-state index contributed by atoms with van der Waals surface area (Å²) in [5.41, 5.74) is 2.16. The number of nitrogens with one attached hydrogen (secondary N) is 1. The standard InChI is InChI=1S/C25H27Cl2N3O5S/c1-16(2)36(31,32)30-24-29-20(15-35-24)14-34-21-7-5-18(6-8-21)25(3,4)19-11-17(13-28)23(22(27)12-19)33-10-9-26/h5-8,11-12,15-16H,9-10,14H2,1-4H3,(H,29,30). The number of oxazole rings is 1. The third-order valence-electron chi connectivity index (χ3n) is 5.57. The first-order valence-corrected chi connectivity index (χ1v) is 13.6. The molecule has 192 valence electrons. The fourth-order valence-electron chi connectivity index (χ4n) is 3.28. The predicted octanol–water partition coefficient (Wildman–Crippen LogP) is 5.87. The Morgan fingerprint density at radius 1 is 1.17 bits per heavy atom. The molecule has 11 heteroatoms. The van der Waals surface area contributed by atoms with E-state index in [1.807, 2.05) is 38.1 Å². The number of sulfonamides is 1. The van der Waals surface area contributed by atoms with Crippen molar-refractivity contribution in [2.75, 3.05) is 17.2 Å². The highest BCUT2D eigenvalue weighted by atomic mass is 35.5. The lowest BCUT2D eigenvalue weighted by atomic mass is 9.77. The normalized spacial score (nSPS) is 11.8. The van der Waals surface area contributed by atoms with Crippen LogP contribution in [0.1, 0.15) is 50.1 Å². The molecule has 0 bridgehead atoms. The van der Waals surface area contributed by atoms with Crippen molar-refractivity contribution < 1.29 is 22.3 Å². The van der Waals surface area contributed by atoms with Crippen molar-refractivity contribution in [1.29, 1.82) is 5.26 Å². The monoisotopic (exact) mass is 551 g/mol. The molecular formula is C25H27Cl2N3O5S. The first-order chi connectivity index (χ1) is 17.0. The summed E-state index contributed by atoms with van der Waals surface area (Å²) in [6.07, 6.45) is 1.34. The number of nitriles is 1. The number of benzene rings is 2. The van der Waals surface area contributed by atoms with E-state index in [0.717, 1.165) is 11.1 Å². The Kier molecular flexibility index (Phi) is 8.77. The lowest BCUT2D eigenvalue weighted by Crippen LogP contribution is -2.22. The second kappa shape index (κ2) is 11.4. The molecule has 0 unspecified atom stereocenters. The topological polar surface area (TPSA) is 114 Å². The van der Waals surface area contributed by atoms with Crippen LogP contribution in [0.25, 0.3) is 0 Å². The van der Waals surface area contributed by atoms with Gasteiger partial charge in [0.15, 0.2) is 5.75 Å². The third-order valence-corrected chi connectivity index (χ3v) is 7.71. The molecule has 0 saturated carbocycles. The maximum Gasteiger partial charge on any atom is 0.308 e. The van der Waals surface area contributed by atoms with Crippen molar-refractivity contribution in [3.63, 3.8) is 0 Å². The molecule has 0 aliphatic heterocycles. The van der Waals surface area contributed by atoms with E-state index in [2.05, 4.69) is 15.8 Å². The molecule has 0 spiro atoms. The van der Waals surface area contributed by atoms with Gasteiger partial charge in [0.25, 0.3) is 0 Å². The number of hydrogen-bond acceptors (Lipinski definition) is 7. The molecule has 0 saturated heterocycles. The average molecular weight is 552 g/mol. The van der Waals surface area contributed by atoms with Gasteiger partial charge in [0.2, 0.25) is 10.0 Å². The van der Waals surface area contributed by atoms with Crippen molar-refractivity contribution in [1.82, 2.24) is 4.98 Å². The van der Waals surface area contributed by atoms with Crippen molar-refractivity contribution >= 4 is 39.2 Å². The van der Waals surface area contributed by atoms with Crippen LogP contribution in [-0.4, -0.2) is 31.1 Å². The number of nitrogens with zero attached hydrogens (tertiary/aromatic N) is 2. The van der Waals surface area contributed by atoms with Crippen LogP contribution in [0.5, 0.6) is 11.5 Å². The number of rotatable bonds is 11. The zero-order chi connectivity index (χ0) is 26.5. The van der Waals surface area contributed by atoms with E-state index in [9.17, 15) is 13.7 Å². The van der Waals surface area contributed by atoms with E-state index < -0.39 is 20.7 Å². The Morgan fingerprint density at radius 3 is 2.47 bits per heavy atom. The largest absolute Gasteiger partial charge is 0.489 e. The van der Waals surface area contributed by atoms with Crippen LogP contribution in [0.4, 0.5) is 6.01 Å². The molecule has 0 fully saturated rings. The van der Waals surface area contributed by atoms with Crippen molar-refractivity contribution in [2.24, 2.45) is 0 Å². The van der Waals surface area contributed by atoms with Gasteiger partial charge in [-0.25, -0.2) is 13.1 Å². The van der Waals surface area contributed by atoms with E-state index in [4.69, 9.17) is 37.1 Å². The number of aromatic nitrogens is 1. The summed E-state index contributed by atoms with van der Waals surface area (Å²) >= 11 is 12.1. The third kappa shape index (κ3) is 6.44. The van der Waals surface area contributed by atoms with Crippen LogP contribution in [0.15, 0.2) is 47.1 Å². The summed E-state index contributed by atoms with van der Waals surface area (Å²) in [7, 11) is -3.55. The highest BCUT2D eigenvalue weighted by molar-refractivity contribution is 7.93. The first kappa shape index (κ1) is 27.7. The van der Waals surface area contributed by atoms with E-state index >= 15 is 0 Å². The van der Waals surface area contributed by atoms with Gasteiger partial charge in [-0.05, 0) is 49.2 Å². The highest BCUT2D eigenvalue weighted by Crippen LogP contribution is 2.38. The van der Waals surface area contributed by atoms with Gasteiger partial charge in [-0.2, -0.15) is 10.2 Å². The molecule has 0 radical (unpaired) electrons. The van der Waals surface area contributed by atoms with Gasteiger partial charge in [0, 0.05) is 5.41 Å². The molecule has 2 aromatic carbocycles. The number of hydrogen-bond donors (Lipinski definition) is 1. The first-order valence-electron chi connectivity index (χ1n) is 11.1. The van der Waals surface area contributed by atoms with Crippen LogP contribution >= 0.6 is 23.2 Å². The molecule has 3 rings (SSSR count). The second-order valence-corrected chi connectivity index (χ2v) is 11.8. The van der Waals surface area contributed by atoms with Gasteiger partial charge in [-0.3, -0.25) is 0 Å². The molecule has 3 aromatic rings. The Balaban J connectivity index is 1.71. The van der Waals surface area contributed by atoms with Crippen LogP contribution < -0.4 is 14.2 Å². The molecule has 0 amide bonds. The minimum Gasteiger partial charge on any atom is -0.489 e. The quantitative estimate of drug-likeness (QED) is 0.296. The van der Waals surface area contributed by atoms with Gasteiger partial charge in [-0.15, -0.1) is 11.6 Å². The molecule has 8 nitrogen and oxygen atoms in total. The minimum atomic E-state index is -3.55. The van der Waals surface area contributed by atoms with Crippen LogP contribution in [0, 0.1) is 11.3 Å². The zero-order valence-corrected chi connectivity index (χ0v) is 22.7. The predicted molar refractivity (Wildman–Crippen MR) is 139 cm³/mol. The SMILES string of the molecule is CC(C)S(=O)(=O)Nc1nc(COc2ccc(C(C)(C)c3cc(Cl)c(OCCCl)c(C#N)c3)cc2)co1.